The third-order valence-electron chi connectivity index (χ3n) is 5.41. The van der Waals surface area contributed by atoms with Crippen molar-refractivity contribution in [2.24, 2.45) is 5.10 Å². The topological polar surface area (TPSA) is 68.2 Å². The SMILES string of the molecule is COc1ccc(C2=NN(S(=O)(=O)c3ccc(C)cc3)[C@H](c3ccc(F)cc3)C2)c(OC)c1. The average Bonchev–Trinajstić information content (AvgIpc) is 3.25. The van der Waals surface area contributed by atoms with Gasteiger partial charge in [0.1, 0.15) is 17.3 Å². The van der Waals surface area contributed by atoms with Crippen LogP contribution in [0.2, 0.25) is 0 Å². The van der Waals surface area contributed by atoms with Crippen LogP contribution in [0.25, 0.3) is 0 Å². The van der Waals surface area contributed by atoms with Gasteiger partial charge < -0.3 is 9.47 Å². The monoisotopic (exact) mass is 454 g/mol. The van der Waals surface area contributed by atoms with Crippen molar-refractivity contribution in [3.63, 3.8) is 0 Å². The zero-order chi connectivity index (χ0) is 22.9. The Morgan fingerprint density at radius 1 is 0.969 bits per heavy atom. The van der Waals surface area contributed by atoms with Crippen molar-refractivity contribution < 1.29 is 22.3 Å². The number of hydrogen-bond acceptors (Lipinski definition) is 5. The van der Waals surface area contributed by atoms with Crippen LogP contribution in [0.5, 0.6) is 11.5 Å². The zero-order valence-electron chi connectivity index (χ0n) is 17.9. The van der Waals surface area contributed by atoms with Gasteiger partial charge in [0.25, 0.3) is 10.0 Å². The summed E-state index contributed by atoms with van der Waals surface area (Å²) in [6.07, 6.45) is 0.305. The molecule has 1 aliphatic rings. The highest BCUT2D eigenvalue weighted by atomic mass is 32.2. The summed E-state index contributed by atoms with van der Waals surface area (Å²) in [5.41, 5.74) is 2.82. The van der Waals surface area contributed by atoms with Crippen LogP contribution in [-0.4, -0.2) is 32.8 Å². The number of methoxy groups -OCH3 is 2. The summed E-state index contributed by atoms with van der Waals surface area (Å²) in [5, 5.41) is 4.52. The largest absolute Gasteiger partial charge is 0.497 e. The summed E-state index contributed by atoms with van der Waals surface area (Å²) in [7, 11) is -0.858. The molecule has 0 aliphatic carbocycles. The summed E-state index contributed by atoms with van der Waals surface area (Å²) in [6.45, 7) is 1.89. The fraction of sp³-hybridized carbons (Fsp3) is 0.208. The molecule has 1 aliphatic heterocycles. The second kappa shape index (κ2) is 8.63. The Bertz CT molecular complexity index is 1260. The summed E-state index contributed by atoms with van der Waals surface area (Å²) >= 11 is 0. The van der Waals surface area contributed by atoms with Gasteiger partial charge in [0.05, 0.1) is 30.9 Å². The van der Waals surface area contributed by atoms with Crippen LogP contribution in [0.3, 0.4) is 0 Å². The maximum Gasteiger partial charge on any atom is 0.279 e. The first kappa shape index (κ1) is 21.8. The Labute approximate surface area is 187 Å². The van der Waals surface area contributed by atoms with E-state index in [1.54, 1.807) is 61.7 Å². The van der Waals surface area contributed by atoms with E-state index in [4.69, 9.17) is 9.47 Å². The maximum atomic E-state index is 13.5. The fourth-order valence-corrected chi connectivity index (χ4v) is 5.09. The van der Waals surface area contributed by atoms with Gasteiger partial charge in [-0.05, 0) is 48.9 Å². The molecule has 3 aromatic carbocycles. The first-order valence-corrected chi connectivity index (χ1v) is 11.4. The van der Waals surface area contributed by atoms with Crippen LogP contribution >= 0.6 is 0 Å². The molecule has 0 unspecified atom stereocenters. The van der Waals surface area contributed by atoms with Gasteiger partial charge in [-0.25, -0.2) is 4.39 Å². The molecule has 1 heterocycles. The molecular formula is C24H23FN2O4S. The molecule has 6 nitrogen and oxygen atoms in total. The number of hydrogen-bond donors (Lipinski definition) is 0. The van der Waals surface area contributed by atoms with Crippen LogP contribution in [0, 0.1) is 12.7 Å². The van der Waals surface area contributed by atoms with E-state index in [2.05, 4.69) is 5.10 Å². The van der Waals surface area contributed by atoms with Crippen molar-refractivity contribution in [3.05, 3.63) is 89.2 Å². The number of aryl methyl sites for hydroxylation is 1. The molecule has 0 bridgehead atoms. The predicted molar refractivity (Wildman–Crippen MR) is 120 cm³/mol. The highest BCUT2D eigenvalue weighted by molar-refractivity contribution is 7.89. The third-order valence-corrected chi connectivity index (χ3v) is 7.11. The molecule has 0 radical (unpaired) electrons. The normalized spacial score (nSPS) is 16.1. The van der Waals surface area contributed by atoms with E-state index in [1.165, 1.54) is 19.2 Å². The molecule has 0 spiro atoms. The van der Waals surface area contributed by atoms with Crippen LogP contribution in [0.1, 0.15) is 29.2 Å². The lowest BCUT2D eigenvalue weighted by molar-refractivity contribution is 0.371. The standard InChI is InChI=1S/C24H23FN2O4S/c1-16-4-11-20(12-5-16)32(28,29)27-23(17-6-8-18(25)9-7-17)15-22(26-27)21-13-10-19(30-2)14-24(21)31-3/h4-14,23H,15H2,1-3H3/t23-/m0/s1. The van der Waals surface area contributed by atoms with Crippen molar-refractivity contribution in [2.45, 2.75) is 24.3 Å². The molecule has 0 amide bonds. The summed E-state index contributed by atoms with van der Waals surface area (Å²) in [5.74, 6) is 0.747. The van der Waals surface area contributed by atoms with E-state index >= 15 is 0 Å². The van der Waals surface area contributed by atoms with Crippen LogP contribution in [-0.2, 0) is 10.0 Å². The Hall–Kier alpha value is -3.39. The van der Waals surface area contributed by atoms with Gasteiger partial charge in [-0.15, -0.1) is 0 Å². The molecular weight excluding hydrogens is 431 g/mol. The quantitative estimate of drug-likeness (QED) is 0.542. The second-order valence-electron chi connectivity index (χ2n) is 7.48. The van der Waals surface area contributed by atoms with Crippen molar-refractivity contribution in [2.75, 3.05) is 14.2 Å². The summed E-state index contributed by atoms with van der Waals surface area (Å²) in [4.78, 5) is 0.141. The van der Waals surface area contributed by atoms with Crippen molar-refractivity contribution in [1.29, 1.82) is 0 Å². The van der Waals surface area contributed by atoms with Gasteiger partial charge in [-0.3, -0.25) is 0 Å². The number of ether oxygens (including phenoxy) is 2. The van der Waals surface area contributed by atoms with E-state index in [9.17, 15) is 12.8 Å². The molecule has 8 heteroatoms. The Morgan fingerprint density at radius 3 is 2.28 bits per heavy atom. The molecule has 0 fully saturated rings. The maximum absolute atomic E-state index is 13.5. The van der Waals surface area contributed by atoms with E-state index < -0.39 is 21.9 Å². The van der Waals surface area contributed by atoms with Crippen LogP contribution in [0.15, 0.2) is 76.7 Å². The average molecular weight is 455 g/mol. The number of nitrogens with zero attached hydrogens (tertiary/aromatic N) is 2. The highest BCUT2D eigenvalue weighted by Crippen LogP contribution is 2.39. The first-order chi connectivity index (χ1) is 15.3. The van der Waals surface area contributed by atoms with E-state index in [-0.39, 0.29) is 4.90 Å². The molecule has 0 saturated heterocycles. The van der Waals surface area contributed by atoms with Crippen molar-refractivity contribution in [1.82, 2.24) is 4.41 Å². The molecule has 4 rings (SSSR count). The molecule has 166 valence electrons. The minimum absolute atomic E-state index is 0.141. The summed E-state index contributed by atoms with van der Waals surface area (Å²) < 4.78 is 52.4. The van der Waals surface area contributed by atoms with E-state index in [0.29, 0.717) is 34.8 Å². The van der Waals surface area contributed by atoms with Gasteiger partial charge in [-0.2, -0.15) is 17.9 Å². The van der Waals surface area contributed by atoms with E-state index in [1.807, 2.05) is 6.92 Å². The lowest BCUT2D eigenvalue weighted by atomic mass is 9.98. The molecule has 0 saturated carbocycles. The van der Waals surface area contributed by atoms with Crippen LogP contribution < -0.4 is 9.47 Å². The number of hydrazone groups is 1. The molecule has 1 atom stereocenters. The number of sulfonamides is 1. The second-order valence-corrected chi connectivity index (χ2v) is 9.27. The number of rotatable bonds is 6. The van der Waals surface area contributed by atoms with Crippen LogP contribution in [0.4, 0.5) is 4.39 Å². The van der Waals surface area contributed by atoms with Gasteiger partial charge in [0, 0.05) is 18.1 Å². The zero-order valence-corrected chi connectivity index (χ0v) is 18.8. The van der Waals surface area contributed by atoms with Gasteiger partial charge >= 0.3 is 0 Å². The molecule has 32 heavy (non-hydrogen) atoms. The fourth-order valence-electron chi connectivity index (χ4n) is 3.66. The third kappa shape index (κ3) is 4.05. The Morgan fingerprint density at radius 2 is 1.66 bits per heavy atom. The van der Waals surface area contributed by atoms with Gasteiger partial charge in [0.2, 0.25) is 0 Å². The minimum atomic E-state index is -3.95. The Kier molecular flexibility index (Phi) is 5.88. The number of halogens is 1. The molecule has 0 aromatic heterocycles. The lowest BCUT2D eigenvalue weighted by Gasteiger charge is -2.23. The smallest absolute Gasteiger partial charge is 0.279 e. The van der Waals surface area contributed by atoms with Crippen molar-refractivity contribution >= 4 is 15.7 Å². The van der Waals surface area contributed by atoms with E-state index in [0.717, 1.165) is 9.98 Å². The summed E-state index contributed by atoms with van der Waals surface area (Å²) in [6, 6.07) is 17.1. The molecule has 3 aromatic rings. The Balaban J connectivity index is 1.82. The minimum Gasteiger partial charge on any atom is -0.497 e. The lowest BCUT2D eigenvalue weighted by Crippen LogP contribution is -2.27. The molecule has 0 N–H and O–H groups in total. The van der Waals surface area contributed by atoms with Gasteiger partial charge in [-0.1, -0.05) is 29.8 Å². The first-order valence-electron chi connectivity index (χ1n) is 10.00. The predicted octanol–water partition coefficient (Wildman–Crippen LogP) is 4.69. The van der Waals surface area contributed by atoms with Gasteiger partial charge in [0.15, 0.2) is 0 Å². The highest BCUT2D eigenvalue weighted by Gasteiger charge is 2.38. The number of benzene rings is 3. The van der Waals surface area contributed by atoms with Crippen molar-refractivity contribution in [3.8, 4) is 11.5 Å².